The van der Waals surface area contributed by atoms with E-state index >= 15 is 0 Å². The maximum absolute atomic E-state index is 0. The Morgan fingerprint density at radius 1 is 0.571 bits per heavy atom. The fourth-order valence-corrected chi connectivity index (χ4v) is 0. The smallest absolute Gasteiger partial charge is 0.870 e. The molecule has 0 unspecified atom stereocenters. The van der Waals surface area contributed by atoms with Gasteiger partial charge in [0.1, 0.15) is 0 Å². The van der Waals surface area contributed by atoms with Crippen LogP contribution in [0, 0.1) is 49.4 Å². The van der Waals surface area contributed by atoms with Gasteiger partial charge >= 0.3 is 98.3 Å². The van der Waals surface area contributed by atoms with Crippen molar-refractivity contribution in [2.45, 2.75) is 0 Å². The van der Waals surface area contributed by atoms with Gasteiger partial charge in [-0.05, 0) is 0 Å². The third kappa shape index (κ3) is 41.9. The molecule has 41 valence electrons. The third-order valence-corrected chi connectivity index (χ3v) is 0. The van der Waals surface area contributed by atoms with Crippen LogP contribution < -0.4 is 0 Å². The van der Waals surface area contributed by atoms with E-state index in [1.165, 1.54) is 0 Å². The molecule has 0 amide bonds. The van der Waals surface area contributed by atoms with Crippen molar-refractivity contribution in [2.24, 2.45) is 0 Å². The summed E-state index contributed by atoms with van der Waals surface area (Å²) < 4.78 is 0. The summed E-state index contributed by atoms with van der Waals surface area (Å²) in [6.45, 7) is 0. The van der Waals surface area contributed by atoms with Crippen LogP contribution in [0.5, 0.6) is 0 Å². The molecule has 4 N–H and O–H groups in total. The molecule has 7 heavy (non-hydrogen) atoms. The fraction of sp³-hybridized carbons (Fsp3) is 0. The quantitative estimate of drug-likeness (QED) is 0.476. The second-order valence-electron chi connectivity index (χ2n) is 0. The Morgan fingerprint density at radius 2 is 0.571 bits per heavy atom. The molecular weight excluding hydrogens is 401 g/mol. The Hall–Kier alpha value is 3.71. The van der Waals surface area contributed by atoms with E-state index in [0.29, 0.717) is 0 Å². The van der Waals surface area contributed by atoms with Crippen molar-refractivity contribution in [3.63, 3.8) is 0 Å². The largest absolute Gasteiger partial charge is 2.00 e. The predicted octanol–water partition coefficient (Wildman–Crippen LogP) is -1.09. The zero-order valence-corrected chi connectivity index (χ0v) is 11.8. The number of rotatable bonds is 0. The van der Waals surface area contributed by atoms with E-state index in [-0.39, 0.29) is 142 Å². The first-order valence-electron chi connectivity index (χ1n) is 0. The summed E-state index contributed by atoms with van der Waals surface area (Å²) in [6.07, 6.45) is 0. The fourth-order valence-electron chi connectivity index (χ4n) is 0. The number of hydrogen-bond acceptors (Lipinski definition) is 4. The topological polar surface area (TPSA) is 120 Å². The summed E-state index contributed by atoms with van der Waals surface area (Å²) in [5.41, 5.74) is 0. The van der Waals surface area contributed by atoms with E-state index in [2.05, 4.69) is 0 Å². The van der Waals surface area contributed by atoms with Gasteiger partial charge in [0.15, 0.2) is 0 Å². The maximum Gasteiger partial charge on any atom is 2.00 e. The van der Waals surface area contributed by atoms with Gasteiger partial charge in [-0.2, -0.15) is 0 Å². The van der Waals surface area contributed by atoms with Gasteiger partial charge in [-0.15, -0.1) is 0 Å². The molecule has 0 fully saturated rings. The maximum atomic E-state index is 0. The van der Waals surface area contributed by atoms with Crippen molar-refractivity contribution in [2.75, 3.05) is 0 Å². The van der Waals surface area contributed by atoms with Gasteiger partial charge in [0.25, 0.3) is 0 Å². The summed E-state index contributed by atoms with van der Waals surface area (Å²) in [5.74, 6) is 0. The molecule has 4 nitrogen and oxygen atoms in total. The van der Waals surface area contributed by atoms with Gasteiger partial charge in [0, 0.05) is 21.7 Å². The average Bonchev–Trinajstić information content (AvgIpc) is 0. The molecule has 0 atom stereocenters. The van der Waals surface area contributed by atoms with Crippen LogP contribution in [0.2, 0.25) is 0 Å². The summed E-state index contributed by atoms with van der Waals surface area (Å²) >= 11 is 0. The van der Waals surface area contributed by atoms with Crippen LogP contribution in [0.15, 0.2) is 0 Å². The van der Waals surface area contributed by atoms with Crippen LogP contribution in [0.25, 0.3) is 0 Å². The molecule has 0 aromatic heterocycles. The molecule has 0 aromatic rings. The van der Waals surface area contributed by atoms with Crippen molar-refractivity contribution in [1.82, 2.24) is 0 Å². The van der Waals surface area contributed by atoms with E-state index in [9.17, 15) is 0 Å². The Bertz CT molecular complexity index is 11.7. The molecule has 0 rings (SSSR count). The minimum atomic E-state index is 0. The normalized spacial score (nSPS) is 0. The molecule has 0 saturated carbocycles. The summed E-state index contributed by atoms with van der Waals surface area (Å²) in [4.78, 5) is 0. The Balaban J connectivity index is 0. The summed E-state index contributed by atoms with van der Waals surface area (Å²) in [5, 5.41) is 0. The first-order valence-corrected chi connectivity index (χ1v) is 0. The Kier molecular flexibility index (Phi) is 561. The molecule has 0 heterocycles. The molecule has 0 bridgehead atoms. The third-order valence-electron chi connectivity index (χ3n) is 0. The van der Waals surface area contributed by atoms with Crippen molar-refractivity contribution in [3.05, 3.63) is 0 Å². The molecule has 7 heteroatoms. The van der Waals surface area contributed by atoms with Gasteiger partial charge in [-0.3, -0.25) is 0 Å². The molecule has 0 aliphatic carbocycles. The van der Waals surface area contributed by atoms with Crippen LogP contribution in [0.4, 0.5) is 0 Å². The van der Waals surface area contributed by atoms with E-state index in [4.69, 9.17) is 0 Å². The van der Waals surface area contributed by atoms with E-state index in [0.717, 1.165) is 0 Å². The van der Waals surface area contributed by atoms with Crippen molar-refractivity contribution in [1.29, 1.82) is 0 Å². The minimum absolute atomic E-state index is 0. The Labute approximate surface area is 138 Å². The minimum Gasteiger partial charge on any atom is -0.870 e. The van der Waals surface area contributed by atoms with E-state index in [1.807, 2.05) is 0 Å². The monoisotopic (exact) mass is 407 g/mol. The van der Waals surface area contributed by atoms with Crippen LogP contribution in [0.1, 0.15) is 0 Å². The Morgan fingerprint density at radius 3 is 0.571 bits per heavy atom. The molecule has 0 aliphatic heterocycles. The second kappa shape index (κ2) is 53.5. The SMILES string of the molecule is [Ba+2].[Eu+2].[OH-].[OH-].[OH-].[OH-].[Ti]. The molecule has 0 saturated heterocycles. The van der Waals surface area contributed by atoms with Crippen LogP contribution in [0.3, 0.4) is 0 Å². The van der Waals surface area contributed by atoms with E-state index < -0.39 is 0 Å². The van der Waals surface area contributed by atoms with Gasteiger partial charge < -0.3 is 21.9 Å². The summed E-state index contributed by atoms with van der Waals surface area (Å²) in [7, 11) is 0. The first kappa shape index (κ1) is 73.4. The van der Waals surface area contributed by atoms with E-state index in [1.54, 1.807) is 0 Å². The zero-order valence-electron chi connectivity index (χ0n) is 3.37. The molecular formula is H4BaEuO4Ti. The number of hydrogen-bond donors (Lipinski definition) is 0. The second-order valence-corrected chi connectivity index (χ2v) is 0. The molecule has 1 radical (unpaired) electrons. The standard InChI is InChI=1S/Ba.Eu.4H2O.Ti/h;;4*1H2;/q2*+2;;;;;/p-4. The van der Waals surface area contributed by atoms with Gasteiger partial charge in [0.05, 0.1) is 0 Å². The molecule has 0 aliphatic rings. The van der Waals surface area contributed by atoms with Crippen LogP contribution in [-0.2, 0) is 21.7 Å². The summed E-state index contributed by atoms with van der Waals surface area (Å²) in [6, 6.07) is 0. The zero-order chi connectivity index (χ0) is 0. The van der Waals surface area contributed by atoms with Crippen molar-refractivity contribution in [3.8, 4) is 0 Å². The van der Waals surface area contributed by atoms with Crippen LogP contribution >= 0.6 is 0 Å². The molecule has 0 aromatic carbocycles. The molecule has 0 spiro atoms. The van der Waals surface area contributed by atoms with Crippen LogP contribution in [-0.4, -0.2) is 70.8 Å². The van der Waals surface area contributed by atoms with Gasteiger partial charge in [0.2, 0.25) is 0 Å². The van der Waals surface area contributed by atoms with Crippen molar-refractivity contribution < 1.29 is 93.0 Å². The average molecular weight is 405 g/mol. The first-order chi connectivity index (χ1) is 0. The van der Waals surface area contributed by atoms with Gasteiger partial charge in [-0.25, -0.2) is 0 Å². The predicted molar refractivity (Wildman–Crippen MR) is 13.5 cm³/mol. The van der Waals surface area contributed by atoms with Gasteiger partial charge in [-0.1, -0.05) is 0 Å². The van der Waals surface area contributed by atoms with Crippen molar-refractivity contribution >= 4 is 48.9 Å².